The second-order valence-electron chi connectivity index (χ2n) is 3.31. The fraction of sp³-hybridized carbons (Fsp3) is 1.00. The van der Waals surface area contributed by atoms with Crippen molar-refractivity contribution in [3.05, 3.63) is 0 Å². The van der Waals surface area contributed by atoms with E-state index in [-0.39, 0.29) is 5.60 Å². The first-order chi connectivity index (χ1) is 4.62. The molecule has 0 aliphatic rings. The molecule has 10 heavy (non-hydrogen) atoms. The Bertz CT molecular complexity index is 79.3. The lowest BCUT2D eigenvalue weighted by molar-refractivity contribution is -0.314. The molecule has 0 aliphatic heterocycles. The van der Waals surface area contributed by atoms with Gasteiger partial charge in [-0.25, -0.2) is 4.89 Å². The first-order valence-corrected chi connectivity index (χ1v) is 3.95. The molecule has 0 aromatic heterocycles. The van der Waals surface area contributed by atoms with E-state index in [0.29, 0.717) is 0 Å². The van der Waals surface area contributed by atoms with Gasteiger partial charge < -0.3 is 0 Å². The van der Waals surface area contributed by atoms with Crippen molar-refractivity contribution in [3.63, 3.8) is 0 Å². The van der Waals surface area contributed by atoms with Crippen molar-refractivity contribution >= 4 is 0 Å². The largest absolute Gasteiger partial charge is 0.251 e. The maximum Gasteiger partial charge on any atom is 0.0977 e. The summed E-state index contributed by atoms with van der Waals surface area (Å²) in [5, 5.41) is 8.39. The molecule has 0 amide bonds. The van der Waals surface area contributed by atoms with Crippen LogP contribution in [0.4, 0.5) is 0 Å². The lowest BCUT2D eigenvalue weighted by Gasteiger charge is -2.19. The Kier molecular flexibility index (Phi) is 4.65. The molecule has 0 saturated heterocycles. The summed E-state index contributed by atoms with van der Waals surface area (Å²) in [6.07, 6.45) is 4.48. The summed E-state index contributed by atoms with van der Waals surface area (Å²) in [6.45, 7) is 5.94. The zero-order chi connectivity index (χ0) is 8.04. The standard InChI is InChI=1S/C8H18O2/c1-4-5-6-7-8(2,3)10-9/h9H,4-7H2,1-3H3. The van der Waals surface area contributed by atoms with Crippen LogP contribution in [0.15, 0.2) is 0 Å². The van der Waals surface area contributed by atoms with E-state index in [9.17, 15) is 0 Å². The minimum absolute atomic E-state index is 0.352. The Balaban J connectivity index is 3.28. The number of rotatable bonds is 5. The summed E-state index contributed by atoms with van der Waals surface area (Å²) >= 11 is 0. The molecule has 0 saturated carbocycles. The van der Waals surface area contributed by atoms with Crippen molar-refractivity contribution in [1.29, 1.82) is 0 Å². The SMILES string of the molecule is CCCCCC(C)(C)OO. The number of hydrogen-bond acceptors (Lipinski definition) is 2. The van der Waals surface area contributed by atoms with Crippen LogP contribution in [0.1, 0.15) is 46.5 Å². The van der Waals surface area contributed by atoms with Crippen LogP contribution in [0.2, 0.25) is 0 Å². The third-order valence-electron chi connectivity index (χ3n) is 1.63. The summed E-state index contributed by atoms with van der Waals surface area (Å²) in [6, 6.07) is 0. The summed E-state index contributed by atoms with van der Waals surface area (Å²) in [5.74, 6) is 0. The van der Waals surface area contributed by atoms with Gasteiger partial charge in [-0.2, -0.15) is 0 Å². The molecule has 0 aromatic rings. The van der Waals surface area contributed by atoms with Crippen LogP contribution in [-0.4, -0.2) is 10.9 Å². The van der Waals surface area contributed by atoms with Crippen molar-refractivity contribution < 1.29 is 10.1 Å². The molecule has 0 bridgehead atoms. The third kappa shape index (κ3) is 4.77. The molecule has 0 radical (unpaired) electrons. The second-order valence-corrected chi connectivity index (χ2v) is 3.31. The lowest BCUT2D eigenvalue weighted by Crippen LogP contribution is -2.22. The summed E-state index contributed by atoms with van der Waals surface area (Å²) in [5.41, 5.74) is -0.352. The van der Waals surface area contributed by atoms with Gasteiger partial charge in [0.25, 0.3) is 0 Å². The number of hydrogen-bond donors (Lipinski definition) is 1. The zero-order valence-electron chi connectivity index (χ0n) is 7.18. The van der Waals surface area contributed by atoms with E-state index in [1.807, 2.05) is 13.8 Å². The fourth-order valence-electron chi connectivity index (χ4n) is 0.846. The minimum atomic E-state index is -0.352. The molecule has 0 unspecified atom stereocenters. The molecule has 2 heteroatoms. The molecule has 1 N–H and O–H groups in total. The van der Waals surface area contributed by atoms with Crippen LogP contribution in [-0.2, 0) is 4.89 Å². The minimum Gasteiger partial charge on any atom is -0.251 e. The third-order valence-corrected chi connectivity index (χ3v) is 1.63. The van der Waals surface area contributed by atoms with Crippen LogP contribution in [0, 0.1) is 0 Å². The van der Waals surface area contributed by atoms with E-state index < -0.39 is 0 Å². The smallest absolute Gasteiger partial charge is 0.0977 e. The van der Waals surface area contributed by atoms with Crippen LogP contribution >= 0.6 is 0 Å². The molecule has 0 aliphatic carbocycles. The molecule has 0 spiro atoms. The topological polar surface area (TPSA) is 29.5 Å². The van der Waals surface area contributed by atoms with E-state index in [0.717, 1.165) is 12.8 Å². The number of unbranched alkanes of at least 4 members (excludes halogenated alkanes) is 2. The van der Waals surface area contributed by atoms with Crippen molar-refractivity contribution in [3.8, 4) is 0 Å². The lowest BCUT2D eigenvalue weighted by atomic mass is 10.0. The Morgan fingerprint density at radius 3 is 2.30 bits per heavy atom. The van der Waals surface area contributed by atoms with E-state index in [1.165, 1.54) is 12.8 Å². The van der Waals surface area contributed by atoms with Crippen molar-refractivity contribution in [2.75, 3.05) is 0 Å². The summed E-state index contributed by atoms with van der Waals surface area (Å²) < 4.78 is 0. The summed E-state index contributed by atoms with van der Waals surface area (Å²) in [4.78, 5) is 4.28. The van der Waals surface area contributed by atoms with E-state index in [2.05, 4.69) is 11.8 Å². The molecule has 2 nitrogen and oxygen atoms in total. The second kappa shape index (κ2) is 4.69. The normalized spacial score (nSPS) is 12.0. The van der Waals surface area contributed by atoms with Gasteiger partial charge in [0.05, 0.1) is 5.60 Å². The van der Waals surface area contributed by atoms with E-state index in [4.69, 9.17) is 5.26 Å². The molecule has 0 heterocycles. The van der Waals surface area contributed by atoms with Crippen molar-refractivity contribution in [1.82, 2.24) is 0 Å². The Morgan fingerprint density at radius 1 is 1.30 bits per heavy atom. The van der Waals surface area contributed by atoms with Gasteiger partial charge in [-0.15, -0.1) is 0 Å². The van der Waals surface area contributed by atoms with Gasteiger partial charge in [0.2, 0.25) is 0 Å². The maximum atomic E-state index is 8.39. The van der Waals surface area contributed by atoms with Crippen LogP contribution in [0.25, 0.3) is 0 Å². The molecule has 0 aromatic carbocycles. The average molecular weight is 146 g/mol. The highest BCUT2D eigenvalue weighted by molar-refractivity contribution is 4.65. The Labute approximate surface area is 63.1 Å². The van der Waals surface area contributed by atoms with E-state index in [1.54, 1.807) is 0 Å². The van der Waals surface area contributed by atoms with Crippen LogP contribution in [0.5, 0.6) is 0 Å². The predicted octanol–water partition coefficient (Wildman–Crippen LogP) is 2.83. The first-order valence-electron chi connectivity index (χ1n) is 3.95. The monoisotopic (exact) mass is 146 g/mol. The molecule has 0 fully saturated rings. The van der Waals surface area contributed by atoms with Crippen molar-refractivity contribution in [2.45, 2.75) is 52.1 Å². The summed E-state index contributed by atoms with van der Waals surface area (Å²) in [7, 11) is 0. The first kappa shape index (κ1) is 9.92. The van der Waals surface area contributed by atoms with Crippen LogP contribution < -0.4 is 0 Å². The molecular weight excluding hydrogens is 128 g/mol. The Morgan fingerprint density at radius 2 is 1.90 bits per heavy atom. The molecule has 0 rings (SSSR count). The zero-order valence-corrected chi connectivity index (χ0v) is 7.18. The fourth-order valence-corrected chi connectivity index (χ4v) is 0.846. The predicted molar refractivity (Wildman–Crippen MR) is 41.9 cm³/mol. The Hall–Kier alpha value is -0.0800. The highest BCUT2D eigenvalue weighted by Gasteiger charge is 2.16. The van der Waals surface area contributed by atoms with Crippen molar-refractivity contribution in [2.24, 2.45) is 0 Å². The van der Waals surface area contributed by atoms with Gasteiger partial charge in [0, 0.05) is 0 Å². The van der Waals surface area contributed by atoms with Gasteiger partial charge in [-0.1, -0.05) is 26.2 Å². The quantitative estimate of drug-likeness (QED) is 0.367. The highest BCUT2D eigenvalue weighted by Crippen LogP contribution is 2.16. The van der Waals surface area contributed by atoms with Gasteiger partial charge in [0.1, 0.15) is 0 Å². The highest BCUT2D eigenvalue weighted by atomic mass is 17.1. The van der Waals surface area contributed by atoms with Gasteiger partial charge >= 0.3 is 0 Å². The van der Waals surface area contributed by atoms with E-state index >= 15 is 0 Å². The average Bonchev–Trinajstić information content (AvgIpc) is 1.89. The van der Waals surface area contributed by atoms with Crippen LogP contribution in [0.3, 0.4) is 0 Å². The molecular formula is C8H18O2. The van der Waals surface area contributed by atoms with Gasteiger partial charge in [0.15, 0.2) is 0 Å². The molecule has 62 valence electrons. The van der Waals surface area contributed by atoms with Gasteiger partial charge in [-0.05, 0) is 20.3 Å². The maximum absolute atomic E-state index is 8.39. The van der Waals surface area contributed by atoms with Gasteiger partial charge in [-0.3, -0.25) is 5.26 Å². The molecule has 0 atom stereocenters.